The predicted molar refractivity (Wildman–Crippen MR) is 111 cm³/mol. The molecule has 0 spiro atoms. The lowest BCUT2D eigenvalue weighted by Gasteiger charge is -2.29. The monoisotopic (exact) mass is 433 g/mol. The van der Waals surface area contributed by atoms with Gasteiger partial charge in [-0.2, -0.15) is 0 Å². The van der Waals surface area contributed by atoms with Gasteiger partial charge in [-0.3, -0.25) is 4.79 Å². The van der Waals surface area contributed by atoms with Crippen LogP contribution >= 0.6 is 0 Å². The molecule has 1 aliphatic carbocycles. The molecule has 2 unspecified atom stereocenters. The number of fused-ring (bicyclic) bond motifs is 2. The van der Waals surface area contributed by atoms with Crippen molar-refractivity contribution in [2.45, 2.75) is 37.8 Å². The van der Waals surface area contributed by atoms with Crippen LogP contribution in [0.4, 0.5) is 14.5 Å². The number of rotatable bonds is 6. The van der Waals surface area contributed by atoms with E-state index in [-0.39, 0.29) is 28.6 Å². The molecule has 2 saturated heterocycles. The normalized spacial score (nSPS) is 25.4. The van der Waals surface area contributed by atoms with Crippen molar-refractivity contribution >= 4 is 22.6 Å². The number of anilines is 1. The number of pyridine rings is 1. The van der Waals surface area contributed by atoms with E-state index in [0.29, 0.717) is 26.2 Å². The average molecular weight is 433 g/mol. The van der Waals surface area contributed by atoms with E-state index in [9.17, 15) is 14.7 Å². The number of nitrogens with one attached hydrogen (secondary N) is 1. The molecule has 2 aromatic rings. The quantitative estimate of drug-likeness (QED) is 0.729. The summed E-state index contributed by atoms with van der Waals surface area (Å²) in [6.07, 6.45) is 3.54. The zero-order valence-corrected chi connectivity index (χ0v) is 17.3. The fraction of sp³-hybridized carbons (Fsp3) is 0.545. The lowest BCUT2D eigenvalue weighted by molar-refractivity contribution is 0.00594. The molecule has 1 aromatic heterocycles. The van der Waals surface area contributed by atoms with Gasteiger partial charge in [-0.15, -0.1) is 0 Å². The van der Waals surface area contributed by atoms with Gasteiger partial charge >= 0.3 is 5.97 Å². The van der Waals surface area contributed by atoms with E-state index in [4.69, 9.17) is 4.74 Å². The van der Waals surface area contributed by atoms with Gasteiger partial charge in [-0.25, -0.2) is 13.6 Å². The molecule has 2 atom stereocenters. The van der Waals surface area contributed by atoms with Crippen molar-refractivity contribution in [3.05, 3.63) is 39.7 Å². The summed E-state index contributed by atoms with van der Waals surface area (Å²) in [7, 11) is 0. The molecule has 3 fully saturated rings. The molecule has 0 amide bonds. The van der Waals surface area contributed by atoms with E-state index in [2.05, 4.69) is 5.32 Å². The van der Waals surface area contributed by atoms with E-state index in [1.54, 1.807) is 4.90 Å². The Hall–Kier alpha value is -2.52. The average Bonchev–Trinajstić information content (AvgIpc) is 3.40. The maximum absolute atomic E-state index is 15.9. The van der Waals surface area contributed by atoms with Crippen LogP contribution in [0.3, 0.4) is 0 Å². The third kappa shape index (κ3) is 3.13. The first kappa shape index (κ1) is 20.4. The van der Waals surface area contributed by atoms with Gasteiger partial charge in [0.05, 0.1) is 10.9 Å². The van der Waals surface area contributed by atoms with Gasteiger partial charge in [-0.05, 0) is 31.9 Å². The summed E-state index contributed by atoms with van der Waals surface area (Å²) in [5.74, 6) is -2.91. The van der Waals surface area contributed by atoms with Gasteiger partial charge in [0, 0.05) is 44.4 Å². The Kier molecular flexibility index (Phi) is 4.78. The molecule has 2 aliphatic heterocycles. The Balaban J connectivity index is 1.64. The van der Waals surface area contributed by atoms with Gasteiger partial charge in [0.25, 0.3) is 0 Å². The highest BCUT2D eigenvalue weighted by atomic mass is 19.1. The second kappa shape index (κ2) is 7.27. The maximum atomic E-state index is 15.9. The van der Waals surface area contributed by atoms with Crippen LogP contribution in [-0.2, 0) is 4.74 Å². The number of carbonyl (C=O) groups is 1. The number of carboxylic acids is 1. The molecule has 0 bridgehead atoms. The van der Waals surface area contributed by atoms with Crippen LogP contribution in [0.5, 0.6) is 0 Å². The third-order valence-corrected chi connectivity index (χ3v) is 6.84. The Morgan fingerprint density at radius 2 is 2.13 bits per heavy atom. The summed E-state index contributed by atoms with van der Waals surface area (Å²) in [4.78, 5) is 25.9. The third-order valence-electron chi connectivity index (χ3n) is 6.84. The molecule has 166 valence electrons. The number of carboxylic acid groups (broad SMARTS) is 1. The summed E-state index contributed by atoms with van der Waals surface area (Å²) >= 11 is 0. The first-order valence-electron chi connectivity index (χ1n) is 10.8. The van der Waals surface area contributed by atoms with Crippen LogP contribution in [0.2, 0.25) is 0 Å². The molecule has 9 heteroatoms. The van der Waals surface area contributed by atoms with Crippen LogP contribution in [-0.4, -0.2) is 54.0 Å². The molecular formula is C22H25F2N3O4. The van der Waals surface area contributed by atoms with Crippen molar-refractivity contribution in [1.82, 2.24) is 9.88 Å². The first-order valence-corrected chi connectivity index (χ1v) is 10.8. The Morgan fingerprint density at radius 3 is 2.81 bits per heavy atom. The smallest absolute Gasteiger partial charge is 0.341 e. The van der Waals surface area contributed by atoms with Crippen molar-refractivity contribution < 1.29 is 23.4 Å². The minimum atomic E-state index is -1.40. The lowest BCUT2D eigenvalue weighted by Crippen LogP contribution is -2.46. The summed E-state index contributed by atoms with van der Waals surface area (Å²) in [6, 6.07) is 0.906. The van der Waals surface area contributed by atoms with Crippen LogP contribution in [0.1, 0.15) is 42.6 Å². The van der Waals surface area contributed by atoms with Gasteiger partial charge in [0.1, 0.15) is 22.7 Å². The minimum absolute atomic E-state index is 0.0207. The van der Waals surface area contributed by atoms with Crippen molar-refractivity contribution in [3.8, 4) is 0 Å². The number of hydrogen-bond donors (Lipinski definition) is 2. The topological polar surface area (TPSA) is 83.8 Å². The van der Waals surface area contributed by atoms with E-state index in [1.165, 1.54) is 10.8 Å². The lowest BCUT2D eigenvalue weighted by atomic mass is 9.91. The van der Waals surface area contributed by atoms with Crippen molar-refractivity contribution in [1.29, 1.82) is 0 Å². The molecular weight excluding hydrogens is 408 g/mol. The number of benzene rings is 1. The number of hydrogen-bond acceptors (Lipinski definition) is 5. The number of ether oxygens (including phenoxy) is 1. The largest absolute Gasteiger partial charge is 0.477 e. The first-order chi connectivity index (χ1) is 14.9. The van der Waals surface area contributed by atoms with Gasteiger partial charge in [0.15, 0.2) is 5.82 Å². The van der Waals surface area contributed by atoms with Gasteiger partial charge < -0.3 is 24.6 Å². The highest BCUT2D eigenvalue weighted by Crippen LogP contribution is 2.44. The maximum Gasteiger partial charge on any atom is 0.341 e. The second-order valence-electron chi connectivity index (χ2n) is 8.79. The number of aromatic nitrogens is 1. The van der Waals surface area contributed by atoms with Crippen molar-refractivity contribution in [2.75, 3.05) is 37.7 Å². The SMILES string of the molecule is CCNCC12CN(c3c(F)cc4c(=O)c(C(=O)O)cn(C5CC5)c4c3F)CC1CCO2. The number of halogens is 2. The molecule has 0 radical (unpaired) electrons. The minimum Gasteiger partial charge on any atom is -0.477 e. The Morgan fingerprint density at radius 1 is 1.35 bits per heavy atom. The molecule has 5 rings (SSSR count). The zero-order chi connectivity index (χ0) is 21.9. The highest BCUT2D eigenvalue weighted by Gasteiger charge is 2.51. The van der Waals surface area contributed by atoms with Crippen LogP contribution in [0, 0.1) is 17.6 Å². The molecule has 3 aliphatic rings. The fourth-order valence-corrected chi connectivity index (χ4v) is 5.14. The zero-order valence-electron chi connectivity index (χ0n) is 17.3. The molecule has 31 heavy (non-hydrogen) atoms. The number of nitrogens with zero attached hydrogens (tertiary/aromatic N) is 2. The highest BCUT2D eigenvalue weighted by molar-refractivity contribution is 5.94. The Labute approximate surface area is 177 Å². The van der Waals surface area contributed by atoms with Crippen molar-refractivity contribution in [3.63, 3.8) is 0 Å². The van der Waals surface area contributed by atoms with Crippen LogP contribution < -0.4 is 15.6 Å². The summed E-state index contributed by atoms with van der Waals surface area (Å²) in [5, 5.41) is 12.4. The second-order valence-corrected chi connectivity index (χ2v) is 8.79. The molecule has 1 aromatic carbocycles. The molecule has 1 saturated carbocycles. The summed E-state index contributed by atoms with van der Waals surface area (Å²) in [6.45, 7) is 4.83. The van der Waals surface area contributed by atoms with Gasteiger partial charge in [-0.1, -0.05) is 6.92 Å². The van der Waals surface area contributed by atoms with E-state index in [0.717, 1.165) is 31.9 Å². The van der Waals surface area contributed by atoms with Crippen LogP contribution in [0.25, 0.3) is 10.9 Å². The van der Waals surface area contributed by atoms with E-state index < -0.39 is 34.2 Å². The summed E-state index contributed by atoms with van der Waals surface area (Å²) in [5.41, 5.74) is -2.02. The molecule has 2 N–H and O–H groups in total. The summed E-state index contributed by atoms with van der Waals surface area (Å²) < 4.78 is 38.6. The fourth-order valence-electron chi connectivity index (χ4n) is 5.14. The van der Waals surface area contributed by atoms with Crippen molar-refractivity contribution in [2.24, 2.45) is 5.92 Å². The Bertz CT molecular complexity index is 1130. The number of aromatic carboxylic acids is 1. The molecule has 7 nitrogen and oxygen atoms in total. The standard InChI is InChI=1S/C22H25F2N3O4/c1-2-25-10-22-11-26(8-12(22)5-6-31-22)19-16(23)7-14-18(17(19)24)27(13-3-4-13)9-15(20(14)28)21(29)30/h7,9,12-13,25H,2-6,8,10-11H2,1H3,(H,29,30). The predicted octanol–water partition coefficient (Wildman–Crippen LogP) is 2.52. The van der Waals surface area contributed by atoms with Gasteiger partial charge in [0.2, 0.25) is 5.43 Å². The van der Waals surface area contributed by atoms with E-state index >= 15 is 8.78 Å². The van der Waals surface area contributed by atoms with E-state index in [1.807, 2.05) is 6.92 Å². The van der Waals surface area contributed by atoms with Crippen LogP contribution in [0.15, 0.2) is 17.1 Å². The molecule has 3 heterocycles. The number of likely N-dealkylation sites (N-methyl/N-ethyl adjacent to an activating group) is 1.